The molecule has 0 fully saturated rings. The third kappa shape index (κ3) is 8.76. The molecule has 2 N–H and O–H groups in total. The zero-order chi connectivity index (χ0) is 20.1. The molecule has 0 spiro atoms. The Balaban J connectivity index is 0.000000271. The Bertz CT molecular complexity index is 650. The topological polar surface area (TPSA) is 64.8 Å². The number of hydrogen-bond acceptors (Lipinski definition) is 4. The molecule has 5 heteroatoms. The number of phenols is 1. The summed E-state index contributed by atoms with van der Waals surface area (Å²) in [5.74, 6) is -0.922. The van der Waals surface area contributed by atoms with Crippen molar-refractivity contribution in [3.05, 3.63) is 29.1 Å². The van der Waals surface area contributed by atoms with Gasteiger partial charge in [-0.25, -0.2) is 0 Å². The summed E-state index contributed by atoms with van der Waals surface area (Å²) in [7, 11) is 0. The number of carboxylic acids is 1. The molecule has 0 amide bonds. The van der Waals surface area contributed by atoms with E-state index in [1.165, 1.54) is 75.6 Å². The molecule has 0 saturated heterocycles. The highest BCUT2D eigenvalue weighted by Gasteiger charge is 2.06. The SMILES string of the molecule is CCCC[NH+](CCCC)CCCC.O=C([O-])Cc1ccc(O)c2ccsc12. The van der Waals surface area contributed by atoms with Crippen molar-refractivity contribution in [2.24, 2.45) is 0 Å². The van der Waals surface area contributed by atoms with E-state index in [2.05, 4.69) is 20.8 Å². The first kappa shape index (κ1) is 23.4. The standard InChI is InChI=1S/C12H27N.C10H8O3S/c1-4-7-10-13(11-8-5-2)12-9-6-3;11-8-2-1-6(5-9(12)13)10-7(8)3-4-14-10/h4-12H2,1-3H3;1-4,11H,5H2,(H,12,13). The van der Waals surface area contributed by atoms with Gasteiger partial charge in [-0.3, -0.25) is 0 Å². The van der Waals surface area contributed by atoms with E-state index in [0.29, 0.717) is 10.9 Å². The van der Waals surface area contributed by atoms with Gasteiger partial charge in [-0.15, -0.1) is 11.3 Å². The Kier molecular flexibility index (Phi) is 11.8. The maximum absolute atomic E-state index is 10.5. The van der Waals surface area contributed by atoms with Gasteiger partial charge in [0.15, 0.2) is 0 Å². The lowest BCUT2D eigenvalue weighted by Gasteiger charge is -2.18. The maximum Gasteiger partial charge on any atom is 0.124 e. The van der Waals surface area contributed by atoms with Crippen LogP contribution < -0.4 is 10.0 Å². The van der Waals surface area contributed by atoms with Gasteiger partial charge in [0.2, 0.25) is 0 Å². The second-order valence-corrected chi connectivity index (χ2v) is 7.93. The average Bonchev–Trinajstić information content (AvgIpc) is 3.15. The molecule has 0 radical (unpaired) electrons. The zero-order valence-corrected chi connectivity index (χ0v) is 17.9. The summed E-state index contributed by atoms with van der Waals surface area (Å²) in [4.78, 5) is 12.3. The van der Waals surface area contributed by atoms with Gasteiger partial charge < -0.3 is 19.9 Å². The normalized spacial score (nSPS) is 10.8. The number of hydrogen-bond donors (Lipinski definition) is 2. The molecule has 4 nitrogen and oxygen atoms in total. The molecule has 0 unspecified atom stereocenters. The Morgan fingerprint density at radius 1 is 1.00 bits per heavy atom. The highest BCUT2D eigenvalue weighted by molar-refractivity contribution is 7.17. The molecular formula is C22H35NO3S. The lowest BCUT2D eigenvalue weighted by molar-refractivity contribution is -0.900. The Hall–Kier alpha value is -1.59. The van der Waals surface area contributed by atoms with Crippen molar-refractivity contribution in [1.82, 2.24) is 0 Å². The fraction of sp³-hybridized carbons (Fsp3) is 0.591. The fourth-order valence-electron chi connectivity index (χ4n) is 3.05. The van der Waals surface area contributed by atoms with Gasteiger partial charge >= 0.3 is 0 Å². The third-order valence-electron chi connectivity index (χ3n) is 4.66. The second kappa shape index (κ2) is 13.6. The van der Waals surface area contributed by atoms with Crippen LogP contribution in [0.4, 0.5) is 0 Å². The molecule has 2 rings (SSSR count). The number of phenolic OH excluding ortho intramolecular Hbond substituents is 1. The van der Waals surface area contributed by atoms with E-state index in [4.69, 9.17) is 0 Å². The number of quaternary nitrogens is 1. The van der Waals surface area contributed by atoms with Gasteiger partial charge in [0.1, 0.15) is 5.75 Å². The van der Waals surface area contributed by atoms with E-state index in [1.54, 1.807) is 12.1 Å². The van der Waals surface area contributed by atoms with E-state index in [-0.39, 0.29) is 12.2 Å². The van der Waals surface area contributed by atoms with E-state index >= 15 is 0 Å². The average molecular weight is 394 g/mol. The quantitative estimate of drug-likeness (QED) is 0.616. The van der Waals surface area contributed by atoms with E-state index in [9.17, 15) is 15.0 Å². The fourth-order valence-corrected chi connectivity index (χ4v) is 3.99. The van der Waals surface area contributed by atoms with Crippen LogP contribution in [-0.2, 0) is 11.2 Å². The largest absolute Gasteiger partial charge is 0.550 e. The number of benzene rings is 1. The highest BCUT2D eigenvalue weighted by Crippen LogP contribution is 2.31. The number of rotatable bonds is 11. The second-order valence-electron chi connectivity index (χ2n) is 7.02. The van der Waals surface area contributed by atoms with Crippen LogP contribution in [0.15, 0.2) is 23.6 Å². The number of nitrogens with one attached hydrogen (secondary N) is 1. The summed E-state index contributed by atoms with van der Waals surface area (Å²) in [6.07, 6.45) is 8.15. The summed E-state index contributed by atoms with van der Waals surface area (Å²) in [5, 5.41) is 22.4. The predicted octanol–water partition coefficient (Wildman–Crippen LogP) is 3.17. The number of aromatic hydroxyl groups is 1. The first-order valence-electron chi connectivity index (χ1n) is 10.2. The van der Waals surface area contributed by atoms with Crippen LogP contribution in [0, 0.1) is 0 Å². The minimum atomic E-state index is -1.11. The molecule has 27 heavy (non-hydrogen) atoms. The van der Waals surface area contributed by atoms with Crippen LogP contribution in [0.5, 0.6) is 5.75 Å². The maximum atomic E-state index is 10.5. The lowest BCUT2D eigenvalue weighted by atomic mass is 10.1. The number of carbonyl (C=O) groups excluding carboxylic acids is 1. The van der Waals surface area contributed by atoms with Gasteiger partial charge in [-0.1, -0.05) is 46.1 Å². The molecule has 0 aliphatic heterocycles. The number of carbonyl (C=O) groups is 1. The number of unbranched alkanes of at least 4 members (excludes halogenated alkanes) is 3. The first-order valence-corrected chi connectivity index (χ1v) is 11.1. The van der Waals surface area contributed by atoms with Crippen LogP contribution >= 0.6 is 11.3 Å². The summed E-state index contributed by atoms with van der Waals surface area (Å²) >= 11 is 1.42. The molecule has 0 atom stereocenters. The molecule has 152 valence electrons. The molecule has 2 aromatic rings. The van der Waals surface area contributed by atoms with Crippen molar-refractivity contribution >= 4 is 27.4 Å². The summed E-state index contributed by atoms with van der Waals surface area (Å²) in [5.41, 5.74) is 0.688. The van der Waals surface area contributed by atoms with E-state index in [1.807, 2.05) is 10.3 Å². The smallest absolute Gasteiger partial charge is 0.124 e. The van der Waals surface area contributed by atoms with E-state index in [0.717, 1.165) is 4.70 Å². The summed E-state index contributed by atoms with van der Waals surface area (Å²) in [6, 6.07) is 4.89. The molecule has 1 heterocycles. The van der Waals surface area contributed by atoms with Crippen molar-refractivity contribution in [3.63, 3.8) is 0 Å². The van der Waals surface area contributed by atoms with Crippen LogP contribution in [0.2, 0.25) is 0 Å². The Morgan fingerprint density at radius 3 is 2.04 bits per heavy atom. The monoisotopic (exact) mass is 393 g/mol. The molecule has 0 aliphatic carbocycles. The minimum Gasteiger partial charge on any atom is -0.550 e. The number of aliphatic carboxylic acids is 1. The third-order valence-corrected chi connectivity index (χ3v) is 5.65. The van der Waals surface area contributed by atoms with Crippen molar-refractivity contribution < 1.29 is 19.9 Å². The van der Waals surface area contributed by atoms with Crippen molar-refractivity contribution in [2.45, 2.75) is 65.7 Å². The van der Waals surface area contributed by atoms with Gasteiger partial charge in [0.05, 0.1) is 19.6 Å². The molecule has 1 aromatic carbocycles. The molecule has 0 aliphatic rings. The van der Waals surface area contributed by atoms with Gasteiger partial charge in [0, 0.05) is 22.5 Å². The van der Waals surface area contributed by atoms with Crippen molar-refractivity contribution in [1.29, 1.82) is 0 Å². The van der Waals surface area contributed by atoms with Crippen molar-refractivity contribution in [2.75, 3.05) is 19.6 Å². The zero-order valence-electron chi connectivity index (χ0n) is 17.1. The van der Waals surface area contributed by atoms with Crippen LogP contribution in [0.25, 0.3) is 10.1 Å². The van der Waals surface area contributed by atoms with Crippen molar-refractivity contribution in [3.8, 4) is 5.75 Å². The van der Waals surface area contributed by atoms with Gasteiger partial charge in [0.25, 0.3) is 0 Å². The first-order chi connectivity index (χ1) is 13.0. The van der Waals surface area contributed by atoms with Crippen LogP contribution in [0.3, 0.4) is 0 Å². The van der Waals surface area contributed by atoms with Gasteiger partial charge in [-0.2, -0.15) is 0 Å². The Labute approximate surface area is 167 Å². The van der Waals surface area contributed by atoms with Crippen LogP contribution in [-0.4, -0.2) is 30.7 Å². The molecule has 0 bridgehead atoms. The summed E-state index contributed by atoms with van der Waals surface area (Å²) in [6.45, 7) is 11.1. The number of thiophene rings is 1. The molecule has 1 aromatic heterocycles. The van der Waals surface area contributed by atoms with E-state index < -0.39 is 5.97 Å². The van der Waals surface area contributed by atoms with Crippen LogP contribution in [0.1, 0.15) is 64.9 Å². The Morgan fingerprint density at radius 2 is 1.56 bits per heavy atom. The number of fused-ring (bicyclic) bond motifs is 1. The molecular weight excluding hydrogens is 358 g/mol. The van der Waals surface area contributed by atoms with Gasteiger partial charge in [-0.05, 0) is 42.3 Å². The number of carboxylic acid groups (broad SMARTS) is 1. The predicted molar refractivity (Wildman–Crippen MR) is 112 cm³/mol. The highest BCUT2D eigenvalue weighted by atomic mass is 32.1. The molecule has 0 saturated carbocycles. The lowest BCUT2D eigenvalue weighted by Crippen LogP contribution is -3.12. The summed E-state index contributed by atoms with van der Waals surface area (Å²) < 4.78 is 0.814. The minimum absolute atomic E-state index is 0.114.